The Labute approximate surface area is 119 Å². The van der Waals surface area contributed by atoms with Crippen LogP contribution in [-0.2, 0) is 0 Å². The fraction of sp³-hybridized carbons (Fsp3) is 0.600. The molecule has 0 radical (unpaired) electrons. The van der Waals surface area contributed by atoms with Crippen molar-refractivity contribution in [3.8, 4) is 0 Å². The molecule has 0 aromatic carbocycles. The number of halogens is 1. The predicted molar refractivity (Wildman–Crippen MR) is 77.2 cm³/mol. The minimum absolute atomic E-state index is 0.162. The molecule has 4 nitrogen and oxygen atoms in total. The normalized spacial score (nSPS) is 25.5. The second-order valence-electron chi connectivity index (χ2n) is 5.57. The molecule has 0 aliphatic heterocycles. The average Bonchev–Trinajstić information content (AvgIpc) is 2.73. The van der Waals surface area contributed by atoms with Crippen LogP contribution < -0.4 is 10.6 Å². The minimum Gasteiger partial charge on any atom is -0.370 e. The van der Waals surface area contributed by atoms with Gasteiger partial charge in [0.15, 0.2) is 0 Å². The van der Waals surface area contributed by atoms with Crippen LogP contribution in [0, 0.1) is 17.7 Å². The lowest BCUT2D eigenvalue weighted by molar-refractivity contribution is 0.0927. The monoisotopic (exact) mass is 279 g/mol. The molecule has 20 heavy (non-hydrogen) atoms. The van der Waals surface area contributed by atoms with Gasteiger partial charge < -0.3 is 10.6 Å². The van der Waals surface area contributed by atoms with E-state index in [1.165, 1.54) is 6.07 Å². The molecule has 3 unspecified atom stereocenters. The molecule has 0 spiro atoms. The zero-order valence-corrected chi connectivity index (χ0v) is 12.2. The molecule has 1 aromatic rings. The van der Waals surface area contributed by atoms with E-state index < -0.39 is 5.82 Å². The van der Waals surface area contributed by atoms with Crippen molar-refractivity contribution in [1.82, 2.24) is 10.3 Å². The van der Waals surface area contributed by atoms with E-state index in [-0.39, 0.29) is 17.5 Å². The number of amides is 1. The van der Waals surface area contributed by atoms with Crippen molar-refractivity contribution in [3.05, 3.63) is 23.6 Å². The van der Waals surface area contributed by atoms with Crippen LogP contribution in [0.15, 0.2) is 12.3 Å². The van der Waals surface area contributed by atoms with Gasteiger partial charge in [-0.05, 0) is 37.7 Å². The van der Waals surface area contributed by atoms with E-state index in [9.17, 15) is 9.18 Å². The maximum Gasteiger partial charge on any atom is 0.255 e. The summed E-state index contributed by atoms with van der Waals surface area (Å²) < 4.78 is 13.3. The van der Waals surface area contributed by atoms with E-state index in [1.54, 1.807) is 0 Å². The summed E-state index contributed by atoms with van der Waals surface area (Å²) in [4.78, 5) is 16.3. The summed E-state index contributed by atoms with van der Waals surface area (Å²) in [5.74, 6) is 0.746. The quantitative estimate of drug-likeness (QED) is 0.891. The summed E-state index contributed by atoms with van der Waals surface area (Å²) in [6.07, 6.45) is 3.22. The van der Waals surface area contributed by atoms with Gasteiger partial charge in [-0.2, -0.15) is 0 Å². The van der Waals surface area contributed by atoms with Gasteiger partial charge >= 0.3 is 0 Å². The number of aromatic nitrogens is 1. The second-order valence-corrected chi connectivity index (χ2v) is 5.57. The highest BCUT2D eigenvalue weighted by Crippen LogP contribution is 2.31. The number of hydrogen-bond donors (Lipinski definition) is 2. The number of rotatable bonds is 4. The predicted octanol–water partition coefficient (Wildman–Crippen LogP) is 2.82. The Kier molecular flexibility index (Phi) is 4.57. The molecule has 1 saturated carbocycles. The Morgan fingerprint density at radius 2 is 2.20 bits per heavy atom. The third-order valence-corrected chi connectivity index (χ3v) is 4.22. The average molecular weight is 279 g/mol. The van der Waals surface area contributed by atoms with E-state index in [2.05, 4.69) is 29.5 Å². The maximum absolute atomic E-state index is 13.3. The Morgan fingerprint density at radius 1 is 1.45 bits per heavy atom. The number of anilines is 1. The lowest BCUT2D eigenvalue weighted by Gasteiger charge is -2.20. The summed E-state index contributed by atoms with van der Waals surface area (Å²) in [7, 11) is 0. The lowest BCUT2D eigenvalue weighted by atomic mass is 9.97. The molecule has 1 fully saturated rings. The molecule has 3 atom stereocenters. The minimum atomic E-state index is -0.496. The third kappa shape index (κ3) is 3.08. The SMILES string of the molecule is CCNc1ncc(F)cc1C(=O)NC1CCC(C)C1C. The van der Waals surface area contributed by atoms with Crippen LogP contribution in [-0.4, -0.2) is 23.5 Å². The number of nitrogens with zero attached hydrogens (tertiary/aromatic N) is 1. The molecule has 0 bridgehead atoms. The van der Waals surface area contributed by atoms with Crippen molar-refractivity contribution < 1.29 is 9.18 Å². The topological polar surface area (TPSA) is 54.0 Å². The van der Waals surface area contributed by atoms with Gasteiger partial charge in [0, 0.05) is 12.6 Å². The van der Waals surface area contributed by atoms with Gasteiger partial charge in [-0.1, -0.05) is 13.8 Å². The van der Waals surface area contributed by atoms with Crippen LogP contribution in [0.25, 0.3) is 0 Å². The Morgan fingerprint density at radius 3 is 2.80 bits per heavy atom. The van der Waals surface area contributed by atoms with Crippen LogP contribution in [0.4, 0.5) is 10.2 Å². The molecule has 2 rings (SSSR count). The fourth-order valence-electron chi connectivity index (χ4n) is 2.74. The highest BCUT2D eigenvalue weighted by Gasteiger charge is 2.31. The van der Waals surface area contributed by atoms with Crippen LogP contribution in [0.3, 0.4) is 0 Å². The van der Waals surface area contributed by atoms with Crippen LogP contribution in [0.2, 0.25) is 0 Å². The molecule has 1 amide bonds. The van der Waals surface area contributed by atoms with E-state index in [1.807, 2.05) is 6.92 Å². The summed E-state index contributed by atoms with van der Waals surface area (Å²) in [5.41, 5.74) is 0.276. The number of nitrogens with one attached hydrogen (secondary N) is 2. The van der Waals surface area contributed by atoms with E-state index in [0.717, 1.165) is 19.0 Å². The van der Waals surface area contributed by atoms with Gasteiger partial charge in [0.05, 0.1) is 11.8 Å². The van der Waals surface area contributed by atoms with Gasteiger partial charge in [-0.3, -0.25) is 4.79 Å². The second kappa shape index (κ2) is 6.20. The molecular weight excluding hydrogens is 257 g/mol. The summed E-state index contributed by atoms with van der Waals surface area (Å²) in [5, 5.41) is 6.01. The standard InChI is InChI=1S/C15H22FN3O/c1-4-17-14-12(7-11(16)8-18-14)15(20)19-13-6-5-9(2)10(13)3/h7-10,13H,4-6H2,1-3H3,(H,17,18)(H,19,20). The summed E-state index contributed by atoms with van der Waals surface area (Å²) in [6.45, 7) is 6.89. The zero-order chi connectivity index (χ0) is 14.7. The van der Waals surface area contributed by atoms with Crippen LogP contribution in [0.5, 0.6) is 0 Å². The van der Waals surface area contributed by atoms with E-state index in [4.69, 9.17) is 0 Å². The van der Waals surface area contributed by atoms with Gasteiger partial charge in [0.25, 0.3) is 5.91 Å². The molecule has 1 aliphatic carbocycles. The Balaban J connectivity index is 2.14. The highest BCUT2D eigenvalue weighted by molar-refractivity contribution is 5.98. The molecule has 1 aromatic heterocycles. The van der Waals surface area contributed by atoms with Crippen molar-refractivity contribution in [1.29, 1.82) is 0 Å². The molecule has 110 valence electrons. The van der Waals surface area contributed by atoms with Gasteiger partial charge in [-0.15, -0.1) is 0 Å². The van der Waals surface area contributed by atoms with Crippen molar-refractivity contribution in [2.45, 2.75) is 39.7 Å². The highest BCUT2D eigenvalue weighted by atomic mass is 19.1. The Bertz CT molecular complexity index is 492. The van der Waals surface area contributed by atoms with Crippen molar-refractivity contribution in [2.75, 3.05) is 11.9 Å². The lowest BCUT2D eigenvalue weighted by Crippen LogP contribution is -2.37. The van der Waals surface area contributed by atoms with Crippen LogP contribution >= 0.6 is 0 Å². The number of carbonyl (C=O) groups is 1. The summed E-state index contributed by atoms with van der Waals surface area (Å²) >= 11 is 0. The third-order valence-electron chi connectivity index (χ3n) is 4.22. The van der Waals surface area contributed by atoms with Crippen molar-refractivity contribution in [3.63, 3.8) is 0 Å². The van der Waals surface area contributed by atoms with Crippen LogP contribution in [0.1, 0.15) is 44.0 Å². The Hall–Kier alpha value is -1.65. The number of carbonyl (C=O) groups excluding carboxylic acids is 1. The van der Waals surface area contributed by atoms with E-state index in [0.29, 0.717) is 24.2 Å². The van der Waals surface area contributed by atoms with Crippen molar-refractivity contribution >= 4 is 11.7 Å². The maximum atomic E-state index is 13.3. The molecule has 5 heteroatoms. The molecule has 1 heterocycles. The molecule has 2 N–H and O–H groups in total. The first-order valence-electron chi connectivity index (χ1n) is 7.23. The number of pyridine rings is 1. The zero-order valence-electron chi connectivity index (χ0n) is 12.2. The van der Waals surface area contributed by atoms with Crippen molar-refractivity contribution in [2.24, 2.45) is 11.8 Å². The number of hydrogen-bond acceptors (Lipinski definition) is 3. The van der Waals surface area contributed by atoms with Gasteiger partial charge in [0.1, 0.15) is 11.6 Å². The summed E-state index contributed by atoms with van der Waals surface area (Å²) in [6, 6.07) is 1.40. The molecule has 1 aliphatic rings. The first-order valence-corrected chi connectivity index (χ1v) is 7.23. The first-order chi connectivity index (χ1) is 9.52. The largest absolute Gasteiger partial charge is 0.370 e. The smallest absolute Gasteiger partial charge is 0.255 e. The first kappa shape index (κ1) is 14.8. The molecule has 0 saturated heterocycles. The van der Waals surface area contributed by atoms with Gasteiger partial charge in [0.2, 0.25) is 0 Å². The van der Waals surface area contributed by atoms with E-state index >= 15 is 0 Å². The fourth-order valence-corrected chi connectivity index (χ4v) is 2.74. The van der Waals surface area contributed by atoms with Gasteiger partial charge in [-0.25, -0.2) is 9.37 Å². The molecular formula is C15H22FN3O.